The molecular formula is C27H35N7O5. The highest BCUT2D eigenvalue weighted by atomic mass is 16.4. The van der Waals surface area contributed by atoms with E-state index in [1.807, 2.05) is 24.3 Å². The van der Waals surface area contributed by atoms with Crippen LogP contribution in [-0.4, -0.2) is 63.6 Å². The summed E-state index contributed by atoms with van der Waals surface area (Å²) in [5.74, 6) is -2.41. The van der Waals surface area contributed by atoms with Crippen molar-refractivity contribution in [2.75, 3.05) is 6.54 Å². The van der Waals surface area contributed by atoms with Gasteiger partial charge in [0.05, 0.1) is 6.04 Å². The number of hydrogen-bond donors (Lipinski definition) is 8. The molecule has 0 fully saturated rings. The van der Waals surface area contributed by atoms with E-state index in [1.165, 1.54) is 12.1 Å². The van der Waals surface area contributed by atoms with E-state index in [-0.39, 0.29) is 31.0 Å². The minimum Gasteiger partial charge on any atom is -0.508 e. The van der Waals surface area contributed by atoms with E-state index in [1.54, 1.807) is 18.3 Å². The Morgan fingerprint density at radius 1 is 0.923 bits per heavy atom. The highest BCUT2D eigenvalue weighted by Crippen LogP contribution is 2.19. The van der Waals surface area contributed by atoms with Gasteiger partial charge in [0.1, 0.15) is 17.8 Å². The van der Waals surface area contributed by atoms with Crippen LogP contribution in [0.2, 0.25) is 0 Å². The quantitative estimate of drug-likeness (QED) is 0.0818. The van der Waals surface area contributed by atoms with Gasteiger partial charge in [0.2, 0.25) is 11.8 Å². The fourth-order valence-electron chi connectivity index (χ4n) is 4.18. The first-order valence-corrected chi connectivity index (χ1v) is 12.6. The third kappa shape index (κ3) is 8.75. The largest absolute Gasteiger partial charge is 0.508 e. The molecule has 0 aliphatic heterocycles. The number of carboxylic acids is 1. The number of nitrogens with two attached hydrogens (primary N) is 3. The molecule has 0 bridgehead atoms. The molecule has 2 aromatic carbocycles. The summed E-state index contributed by atoms with van der Waals surface area (Å²) in [6, 6.07) is 10.6. The molecule has 0 spiro atoms. The fourth-order valence-corrected chi connectivity index (χ4v) is 4.18. The van der Waals surface area contributed by atoms with Gasteiger partial charge in [-0.25, -0.2) is 4.79 Å². The second kappa shape index (κ2) is 13.8. The van der Waals surface area contributed by atoms with E-state index in [0.29, 0.717) is 24.9 Å². The lowest BCUT2D eigenvalue weighted by Gasteiger charge is -2.23. The van der Waals surface area contributed by atoms with E-state index in [0.717, 1.165) is 16.5 Å². The summed E-state index contributed by atoms with van der Waals surface area (Å²) in [6.07, 6.45) is 3.24. The monoisotopic (exact) mass is 537 g/mol. The molecule has 12 nitrogen and oxygen atoms in total. The number of unbranched alkanes of at least 4 members (excludes halogenated alkanes) is 1. The van der Waals surface area contributed by atoms with E-state index in [2.05, 4.69) is 20.6 Å². The van der Waals surface area contributed by atoms with Gasteiger partial charge in [0.25, 0.3) is 0 Å². The van der Waals surface area contributed by atoms with Crippen molar-refractivity contribution in [2.24, 2.45) is 22.2 Å². The number of amides is 2. The van der Waals surface area contributed by atoms with Crippen molar-refractivity contribution in [1.82, 2.24) is 15.6 Å². The normalized spacial score (nSPS) is 13.3. The number of rotatable bonds is 14. The Balaban J connectivity index is 1.69. The van der Waals surface area contributed by atoms with Crippen LogP contribution in [0.4, 0.5) is 0 Å². The second-order valence-corrected chi connectivity index (χ2v) is 9.30. The number of aromatic nitrogens is 1. The van der Waals surface area contributed by atoms with Crippen LogP contribution >= 0.6 is 0 Å². The van der Waals surface area contributed by atoms with Crippen LogP contribution in [0.25, 0.3) is 10.9 Å². The number of aliphatic imine (C=N–C) groups is 1. The van der Waals surface area contributed by atoms with Crippen molar-refractivity contribution >= 4 is 34.6 Å². The van der Waals surface area contributed by atoms with Crippen molar-refractivity contribution in [2.45, 2.75) is 50.2 Å². The van der Waals surface area contributed by atoms with Crippen LogP contribution in [0.3, 0.4) is 0 Å². The van der Waals surface area contributed by atoms with Crippen molar-refractivity contribution in [1.29, 1.82) is 0 Å². The summed E-state index contributed by atoms with van der Waals surface area (Å²) < 4.78 is 0. The molecule has 0 radical (unpaired) electrons. The molecule has 0 aliphatic carbocycles. The van der Waals surface area contributed by atoms with Gasteiger partial charge in [0.15, 0.2) is 5.96 Å². The molecule has 39 heavy (non-hydrogen) atoms. The van der Waals surface area contributed by atoms with E-state index >= 15 is 0 Å². The van der Waals surface area contributed by atoms with E-state index in [4.69, 9.17) is 17.2 Å². The Hall–Kier alpha value is -4.58. The van der Waals surface area contributed by atoms with Crippen molar-refractivity contribution < 1.29 is 24.6 Å². The number of aliphatic carboxylic acids is 1. The number of H-pyrrole nitrogens is 1. The number of fused-ring (bicyclic) bond motifs is 1. The minimum absolute atomic E-state index is 0.0474. The number of carbonyl (C=O) groups excluding carboxylic acids is 2. The third-order valence-corrected chi connectivity index (χ3v) is 6.27. The molecule has 208 valence electrons. The van der Waals surface area contributed by atoms with E-state index in [9.17, 15) is 24.6 Å². The molecule has 0 aliphatic rings. The summed E-state index contributed by atoms with van der Waals surface area (Å²) in [5, 5.41) is 25.4. The SMILES string of the molecule is NC(N)=NCCCC[C@H](NC(=O)[C@H](Cc1ccc(O)cc1)NC(=O)[C@@H](N)Cc1c[nH]c2ccccc12)C(=O)O. The number of nitrogens with zero attached hydrogens (tertiary/aromatic N) is 1. The lowest BCUT2D eigenvalue weighted by molar-refractivity contribution is -0.142. The predicted molar refractivity (Wildman–Crippen MR) is 148 cm³/mol. The number of carboxylic acid groups (broad SMARTS) is 1. The summed E-state index contributed by atoms with van der Waals surface area (Å²) in [4.78, 5) is 45.1. The average Bonchev–Trinajstić information content (AvgIpc) is 3.30. The highest BCUT2D eigenvalue weighted by Gasteiger charge is 2.28. The molecule has 3 aromatic rings. The van der Waals surface area contributed by atoms with Gasteiger partial charge in [-0.2, -0.15) is 0 Å². The third-order valence-electron chi connectivity index (χ3n) is 6.27. The van der Waals surface area contributed by atoms with Crippen LogP contribution in [0.15, 0.2) is 59.7 Å². The zero-order valence-corrected chi connectivity index (χ0v) is 21.5. The Morgan fingerprint density at radius 2 is 1.62 bits per heavy atom. The number of nitrogens with one attached hydrogen (secondary N) is 3. The van der Waals surface area contributed by atoms with Crippen molar-refractivity contribution in [3.8, 4) is 5.75 Å². The Morgan fingerprint density at radius 3 is 2.31 bits per heavy atom. The summed E-state index contributed by atoms with van der Waals surface area (Å²) in [6.45, 7) is 0.344. The standard InChI is InChI=1S/C27H35N7O5/c28-20(14-17-15-32-21-6-2-1-5-19(17)21)24(36)34-23(13-16-8-10-18(35)11-9-16)25(37)33-22(26(38)39)7-3-4-12-31-27(29)30/h1-2,5-6,8-11,15,20,22-23,32,35H,3-4,7,12-14,28H2,(H,33,37)(H,34,36)(H,38,39)(H4,29,30,31)/t20-,22-,23-/m0/s1. The topological polar surface area (TPSA) is 222 Å². The Kier molecular flexibility index (Phi) is 10.3. The number of guanidine groups is 1. The molecule has 11 N–H and O–H groups in total. The maximum Gasteiger partial charge on any atom is 0.326 e. The first-order chi connectivity index (χ1) is 18.6. The zero-order chi connectivity index (χ0) is 28.4. The predicted octanol–water partition coefficient (Wildman–Crippen LogP) is 0.484. The number of aromatic amines is 1. The number of para-hydroxylation sites is 1. The van der Waals surface area contributed by atoms with Gasteiger partial charge in [-0.05, 0) is 55.0 Å². The molecule has 2 amide bonds. The van der Waals surface area contributed by atoms with Gasteiger partial charge in [-0.3, -0.25) is 14.6 Å². The molecular weight excluding hydrogens is 502 g/mol. The fraction of sp³-hybridized carbons (Fsp3) is 0.333. The molecule has 3 rings (SSSR count). The van der Waals surface area contributed by atoms with Crippen LogP contribution < -0.4 is 27.8 Å². The average molecular weight is 538 g/mol. The van der Waals surface area contributed by atoms with Gasteiger partial charge in [-0.15, -0.1) is 0 Å². The Labute approximate surface area is 225 Å². The Bertz CT molecular complexity index is 1300. The highest BCUT2D eigenvalue weighted by molar-refractivity contribution is 5.92. The number of phenols is 1. The molecule has 1 aromatic heterocycles. The van der Waals surface area contributed by atoms with Crippen LogP contribution in [-0.2, 0) is 27.2 Å². The molecule has 1 heterocycles. The van der Waals surface area contributed by atoms with Crippen LogP contribution in [0.1, 0.15) is 30.4 Å². The molecule has 0 unspecified atom stereocenters. The maximum absolute atomic E-state index is 13.2. The lowest BCUT2D eigenvalue weighted by atomic mass is 10.0. The van der Waals surface area contributed by atoms with Crippen molar-refractivity contribution in [3.63, 3.8) is 0 Å². The van der Waals surface area contributed by atoms with E-state index < -0.39 is 35.9 Å². The number of carbonyl (C=O) groups is 3. The number of phenolic OH excluding ortho intramolecular Hbond substituents is 1. The maximum atomic E-state index is 13.2. The summed E-state index contributed by atoms with van der Waals surface area (Å²) in [5.41, 5.74) is 19.2. The first kappa shape index (κ1) is 29.0. The summed E-state index contributed by atoms with van der Waals surface area (Å²) >= 11 is 0. The van der Waals surface area contributed by atoms with Gasteiger partial charge in [-0.1, -0.05) is 30.3 Å². The zero-order valence-electron chi connectivity index (χ0n) is 21.5. The smallest absolute Gasteiger partial charge is 0.326 e. The second-order valence-electron chi connectivity index (χ2n) is 9.30. The summed E-state index contributed by atoms with van der Waals surface area (Å²) in [7, 11) is 0. The van der Waals surface area contributed by atoms with Gasteiger partial charge >= 0.3 is 5.97 Å². The number of hydrogen-bond acceptors (Lipinski definition) is 6. The van der Waals surface area contributed by atoms with Gasteiger partial charge in [0, 0.05) is 30.1 Å². The van der Waals surface area contributed by atoms with Crippen LogP contribution in [0.5, 0.6) is 5.75 Å². The minimum atomic E-state index is -1.20. The number of aromatic hydroxyl groups is 1. The van der Waals surface area contributed by atoms with Gasteiger partial charge < -0.3 is 43.0 Å². The molecule has 0 saturated carbocycles. The number of benzene rings is 2. The van der Waals surface area contributed by atoms with Crippen LogP contribution in [0, 0.1) is 0 Å². The molecule has 3 atom stereocenters. The first-order valence-electron chi connectivity index (χ1n) is 12.6. The molecule has 12 heteroatoms. The lowest BCUT2D eigenvalue weighted by Crippen LogP contribution is -2.55. The molecule has 0 saturated heterocycles. The van der Waals surface area contributed by atoms with Crippen molar-refractivity contribution in [3.05, 3.63) is 65.9 Å².